The maximum Gasteiger partial charge on any atom is 0.433 e. The van der Waals surface area contributed by atoms with Gasteiger partial charge in [-0.3, -0.25) is 10.1 Å². The van der Waals surface area contributed by atoms with Gasteiger partial charge in [0.25, 0.3) is 5.91 Å². The minimum absolute atomic E-state index is 0.0833. The standard InChI is InChI=1S/C22H13ClF3N5OS/c1-11-3-2-4-16-19(11)28-21(33-16)29-20(32)15-10-18-27-14(12-5-7-13(23)8-6-12)9-17(22(24,25)26)31(18)30-15/h2-10H,1H3,(H,28,29,32). The van der Waals surface area contributed by atoms with Crippen LogP contribution in [-0.2, 0) is 6.18 Å². The largest absolute Gasteiger partial charge is 0.433 e. The smallest absolute Gasteiger partial charge is 0.296 e. The fourth-order valence-corrected chi connectivity index (χ4v) is 4.42. The van der Waals surface area contributed by atoms with Crippen molar-refractivity contribution in [3.05, 3.63) is 76.6 Å². The Bertz CT molecular complexity index is 1530. The van der Waals surface area contributed by atoms with Gasteiger partial charge in [-0.05, 0) is 36.8 Å². The maximum atomic E-state index is 13.8. The van der Waals surface area contributed by atoms with Crippen molar-refractivity contribution < 1.29 is 18.0 Å². The van der Waals surface area contributed by atoms with Gasteiger partial charge in [0.2, 0.25) is 0 Å². The Morgan fingerprint density at radius 1 is 1.09 bits per heavy atom. The lowest BCUT2D eigenvalue weighted by Crippen LogP contribution is -2.15. The molecular weight excluding hydrogens is 475 g/mol. The van der Waals surface area contributed by atoms with Gasteiger partial charge < -0.3 is 0 Å². The number of nitrogens with zero attached hydrogens (tertiary/aromatic N) is 4. The zero-order valence-electron chi connectivity index (χ0n) is 16.8. The van der Waals surface area contributed by atoms with E-state index < -0.39 is 17.8 Å². The van der Waals surface area contributed by atoms with E-state index in [9.17, 15) is 18.0 Å². The predicted octanol–water partition coefficient (Wildman–Crippen LogP) is 6.24. The lowest BCUT2D eigenvalue weighted by atomic mass is 10.1. The molecule has 0 unspecified atom stereocenters. The number of carbonyl (C=O) groups is 1. The third-order valence-electron chi connectivity index (χ3n) is 4.93. The van der Waals surface area contributed by atoms with Crippen molar-refractivity contribution in [2.45, 2.75) is 13.1 Å². The Kier molecular flexibility index (Phi) is 5.06. The third-order valence-corrected chi connectivity index (χ3v) is 6.12. The number of carbonyl (C=O) groups excluding carboxylic acids is 1. The van der Waals surface area contributed by atoms with Crippen LogP contribution in [0.15, 0.2) is 54.6 Å². The van der Waals surface area contributed by atoms with Crippen LogP contribution in [0, 0.1) is 6.92 Å². The highest BCUT2D eigenvalue weighted by Crippen LogP contribution is 2.33. The summed E-state index contributed by atoms with van der Waals surface area (Å²) in [5, 5.41) is 7.26. The number of anilines is 1. The molecular formula is C22H13ClF3N5OS. The number of hydrogen-bond donors (Lipinski definition) is 1. The summed E-state index contributed by atoms with van der Waals surface area (Å²) < 4.78 is 42.8. The number of halogens is 4. The Morgan fingerprint density at radius 3 is 2.55 bits per heavy atom. The van der Waals surface area contributed by atoms with Crippen LogP contribution in [0.25, 0.3) is 27.1 Å². The van der Waals surface area contributed by atoms with Crippen LogP contribution in [0.4, 0.5) is 18.3 Å². The lowest BCUT2D eigenvalue weighted by Gasteiger charge is -2.11. The van der Waals surface area contributed by atoms with E-state index in [4.69, 9.17) is 11.6 Å². The monoisotopic (exact) mass is 487 g/mol. The van der Waals surface area contributed by atoms with Crippen molar-refractivity contribution in [3.8, 4) is 11.3 Å². The van der Waals surface area contributed by atoms with Crippen LogP contribution < -0.4 is 5.32 Å². The average molecular weight is 488 g/mol. The van der Waals surface area contributed by atoms with E-state index in [-0.39, 0.29) is 17.0 Å². The summed E-state index contributed by atoms with van der Waals surface area (Å²) in [5.41, 5.74) is 0.862. The number of amides is 1. The van der Waals surface area contributed by atoms with E-state index in [0.29, 0.717) is 20.2 Å². The molecule has 0 bridgehead atoms. The predicted molar refractivity (Wildman–Crippen MR) is 121 cm³/mol. The number of alkyl halides is 3. The van der Waals surface area contributed by atoms with Gasteiger partial charge in [-0.15, -0.1) is 0 Å². The normalized spacial score (nSPS) is 11.9. The Hall–Kier alpha value is -3.50. The molecule has 1 amide bonds. The number of aromatic nitrogens is 4. The van der Waals surface area contributed by atoms with Crippen LogP contribution in [0.2, 0.25) is 5.02 Å². The molecule has 0 aliphatic rings. The van der Waals surface area contributed by atoms with E-state index in [1.165, 1.54) is 17.4 Å². The van der Waals surface area contributed by atoms with Gasteiger partial charge in [-0.1, -0.05) is 47.2 Å². The summed E-state index contributed by atoms with van der Waals surface area (Å²) in [5.74, 6) is -0.682. The zero-order valence-corrected chi connectivity index (χ0v) is 18.4. The van der Waals surface area contributed by atoms with E-state index >= 15 is 0 Å². The number of thiazole rings is 1. The first-order valence-electron chi connectivity index (χ1n) is 9.60. The van der Waals surface area contributed by atoms with Crippen LogP contribution in [-0.4, -0.2) is 25.5 Å². The summed E-state index contributed by atoms with van der Waals surface area (Å²) in [7, 11) is 0. The van der Waals surface area contributed by atoms with Crippen molar-refractivity contribution in [2.24, 2.45) is 0 Å². The average Bonchev–Trinajstić information content (AvgIpc) is 3.37. The molecule has 0 fully saturated rings. The van der Waals surface area contributed by atoms with Gasteiger partial charge in [0, 0.05) is 16.7 Å². The molecule has 0 atom stereocenters. The van der Waals surface area contributed by atoms with Gasteiger partial charge in [-0.25, -0.2) is 14.5 Å². The van der Waals surface area contributed by atoms with Gasteiger partial charge in [0.15, 0.2) is 22.2 Å². The van der Waals surface area contributed by atoms with Crippen LogP contribution >= 0.6 is 22.9 Å². The van der Waals surface area contributed by atoms with E-state index in [1.807, 2.05) is 25.1 Å². The number of aryl methyl sites for hydroxylation is 1. The molecule has 1 N–H and O–H groups in total. The van der Waals surface area contributed by atoms with Gasteiger partial charge in [0.1, 0.15) is 0 Å². The molecule has 3 heterocycles. The molecule has 3 aromatic heterocycles. The molecule has 6 nitrogen and oxygen atoms in total. The van der Waals surface area contributed by atoms with Crippen LogP contribution in [0.1, 0.15) is 21.7 Å². The molecule has 5 rings (SSSR count). The first kappa shape index (κ1) is 21.4. The SMILES string of the molecule is Cc1cccc2sc(NC(=O)c3cc4nc(-c5ccc(Cl)cc5)cc(C(F)(F)F)n4n3)nc12. The quantitative estimate of drug-likeness (QED) is 0.327. The number of fused-ring (bicyclic) bond motifs is 2. The maximum absolute atomic E-state index is 13.8. The molecule has 2 aromatic carbocycles. The number of benzene rings is 2. The minimum atomic E-state index is -4.72. The van der Waals surface area contributed by atoms with Crippen molar-refractivity contribution in [2.75, 3.05) is 5.32 Å². The number of hydrogen-bond acceptors (Lipinski definition) is 5. The Morgan fingerprint density at radius 2 is 1.85 bits per heavy atom. The van der Waals surface area contributed by atoms with E-state index in [1.54, 1.807) is 24.3 Å². The van der Waals surface area contributed by atoms with Crippen molar-refractivity contribution >= 4 is 49.8 Å². The summed E-state index contributed by atoms with van der Waals surface area (Å²) in [6.07, 6.45) is -4.72. The highest BCUT2D eigenvalue weighted by atomic mass is 35.5. The van der Waals surface area contributed by atoms with Crippen molar-refractivity contribution in [3.63, 3.8) is 0 Å². The molecule has 33 heavy (non-hydrogen) atoms. The number of nitrogens with one attached hydrogen (secondary N) is 1. The van der Waals surface area contributed by atoms with Gasteiger partial charge in [-0.2, -0.15) is 18.3 Å². The molecule has 0 aliphatic heterocycles. The fourth-order valence-electron chi connectivity index (χ4n) is 3.36. The van der Waals surface area contributed by atoms with Crippen LogP contribution in [0.3, 0.4) is 0 Å². The fraction of sp³-hybridized carbons (Fsp3) is 0.0909. The molecule has 11 heteroatoms. The number of rotatable bonds is 3. The summed E-state index contributed by atoms with van der Waals surface area (Å²) in [4.78, 5) is 21.4. The zero-order chi connectivity index (χ0) is 23.3. The topological polar surface area (TPSA) is 72.2 Å². The Balaban J connectivity index is 1.55. The molecule has 5 aromatic rings. The molecule has 0 saturated carbocycles. The summed E-state index contributed by atoms with van der Waals surface area (Å²) in [6.45, 7) is 1.90. The molecule has 0 spiro atoms. The highest BCUT2D eigenvalue weighted by Gasteiger charge is 2.35. The Labute approximate surface area is 193 Å². The second kappa shape index (κ2) is 7.82. The van der Waals surface area contributed by atoms with Crippen molar-refractivity contribution in [1.29, 1.82) is 0 Å². The molecule has 166 valence electrons. The first-order valence-corrected chi connectivity index (χ1v) is 10.8. The van der Waals surface area contributed by atoms with E-state index in [0.717, 1.165) is 21.8 Å². The molecule has 0 aliphatic carbocycles. The van der Waals surface area contributed by atoms with Gasteiger partial charge >= 0.3 is 6.18 Å². The molecule has 0 saturated heterocycles. The number of para-hydroxylation sites is 1. The lowest BCUT2D eigenvalue weighted by molar-refractivity contribution is -0.142. The third kappa shape index (κ3) is 4.03. The second-order valence-corrected chi connectivity index (χ2v) is 8.69. The van der Waals surface area contributed by atoms with Gasteiger partial charge in [0.05, 0.1) is 15.9 Å². The van der Waals surface area contributed by atoms with E-state index in [2.05, 4.69) is 20.4 Å². The van der Waals surface area contributed by atoms with Crippen LogP contribution in [0.5, 0.6) is 0 Å². The van der Waals surface area contributed by atoms with Crippen molar-refractivity contribution in [1.82, 2.24) is 19.6 Å². The highest BCUT2D eigenvalue weighted by molar-refractivity contribution is 7.22. The minimum Gasteiger partial charge on any atom is -0.296 e. The summed E-state index contributed by atoms with van der Waals surface area (Å²) >= 11 is 7.14. The molecule has 0 radical (unpaired) electrons. The second-order valence-electron chi connectivity index (χ2n) is 7.23. The summed E-state index contributed by atoms with van der Waals surface area (Å²) in [6, 6.07) is 14.0. The first-order chi connectivity index (χ1) is 15.7.